The Kier molecular flexibility index (Phi) is 6.61. The molecule has 2 aliphatic heterocycles. The Morgan fingerprint density at radius 2 is 1.88 bits per heavy atom. The van der Waals surface area contributed by atoms with Gasteiger partial charge in [-0.05, 0) is 68.8 Å². The number of carbonyl (C=O) groups excluding carboxylic acids is 1. The highest BCUT2D eigenvalue weighted by atomic mass is 16.1. The van der Waals surface area contributed by atoms with E-state index < -0.39 is 0 Å². The quantitative estimate of drug-likeness (QED) is 0.837. The molecule has 24 heavy (non-hydrogen) atoms. The van der Waals surface area contributed by atoms with Crippen LogP contribution in [-0.2, 0) is 11.3 Å². The van der Waals surface area contributed by atoms with Gasteiger partial charge in [0.1, 0.15) is 0 Å². The van der Waals surface area contributed by atoms with E-state index in [1.54, 1.807) is 0 Å². The molecule has 0 unspecified atom stereocenters. The Balaban J connectivity index is 1.32. The van der Waals surface area contributed by atoms with Crippen molar-refractivity contribution in [3.05, 3.63) is 30.1 Å². The first kappa shape index (κ1) is 17.4. The van der Waals surface area contributed by atoms with Gasteiger partial charge in [0.2, 0.25) is 5.91 Å². The van der Waals surface area contributed by atoms with E-state index in [9.17, 15) is 4.79 Å². The SMILES string of the molecule is O=C(CCC1CCNCC1)NC1CCN(Cc2ccncc2)CC1. The molecule has 3 rings (SSSR count). The molecule has 0 aromatic carbocycles. The smallest absolute Gasteiger partial charge is 0.220 e. The number of nitrogens with zero attached hydrogens (tertiary/aromatic N) is 2. The first-order valence-corrected chi connectivity index (χ1v) is 9.41. The van der Waals surface area contributed by atoms with Gasteiger partial charge in [-0.3, -0.25) is 14.7 Å². The number of hydrogen-bond donors (Lipinski definition) is 2. The minimum atomic E-state index is 0.251. The summed E-state index contributed by atoms with van der Waals surface area (Å²) >= 11 is 0. The van der Waals surface area contributed by atoms with Crippen molar-refractivity contribution in [1.29, 1.82) is 0 Å². The minimum Gasteiger partial charge on any atom is -0.353 e. The third kappa shape index (κ3) is 5.56. The van der Waals surface area contributed by atoms with Crippen LogP contribution < -0.4 is 10.6 Å². The maximum Gasteiger partial charge on any atom is 0.220 e. The van der Waals surface area contributed by atoms with Gasteiger partial charge >= 0.3 is 0 Å². The molecule has 132 valence electrons. The van der Waals surface area contributed by atoms with Crippen molar-refractivity contribution in [2.24, 2.45) is 5.92 Å². The van der Waals surface area contributed by atoms with Crippen molar-refractivity contribution >= 4 is 5.91 Å². The summed E-state index contributed by atoms with van der Waals surface area (Å²) in [4.78, 5) is 18.7. The zero-order valence-corrected chi connectivity index (χ0v) is 14.5. The van der Waals surface area contributed by atoms with Crippen LogP contribution in [0.3, 0.4) is 0 Å². The molecule has 0 bridgehead atoms. The van der Waals surface area contributed by atoms with Gasteiger partial charge in [-0.25, -0.2) is 0 Å². The minimum absolute atomic E-state index is 0.251. The molecule has 1 amide bonds. The van der Waals surface area contributed by atoms with E-state index in [0.29, 0.717) is 12.5 Å². The van der Waals surface area contributed by atoms with Gasteiger partial charge in [0.15, 0.2) is 0 Å². The molecule has 5 heteroatoms. The molecule has 1 aromatic heterocycles. The van der Waals surface area contributed by atoms with Gasteiger partial charge < -0.3 is 10.6 Å². The largest absolute Gasteiger partial charge is 0.353 e. The summed E-state index contributed by atoms with van der Waals surface area (Å²) in [5.41, 5.74) is 1.31. The highest BCUT2D eigenvalue weighted by Gasteiger charge is 2.21. The van der Waals surface area contributed by atoms with Gasteiger partial charge in [0.25, 0.3) is 0 Å². The third-order valence-electron chi connectivity index (χ3n) is 5.35. The lowest BCUT2D eigenvalue weighted by Crippen LogP contribution is -2.44. The first-order chi connectivity index (χ1) is 11.8. The number of amides is 1. The second-order valence-electron chi connectivity index (χ2n) is 7.21. The molecular weight excluding hydrogens is 300 g/mol. The van der Waals surface area contributed by atoms with Crippen LogP contribution in [0, 0.1) is 5.92 Å². The van der Waals surface area contributed by atoms with Crippen LogP contribution in [0.1, 0.15) is 44.1 Å². The number of pyridine rings is 1. The second-order valence-corrected chi connectivity index (χ2v) is 7.21. The van der Waals surface area contributed by atoms with Gasteiger partial charge in [0, 0.05) is 44.5 Å². The Morgan fingerprint density at radius 3 is 2.58 bits per heavy atom. The van der Waals surface area contributed by atoms with Crippen LogP contribution >= 0.6 is 0 Å². The normalized spacial score (nSPS) is 20.8. The molecule has 0 atom stereocenters. The molecule has 2 fully saturated rings. The fourth-order valence-corrected chi connectivity index (χ4v) is 3.79. The molecular formula is C19H30N4O. The lowest BCUT2D eigenvalue weighted by atomic mass is 9.93. The van der Waals surface area contributed by atoms with E-state index >= 15 is 0 Å². The molecule has 1 aromatic rings. The number of piperidine rings is 2. The van der Waals surface area contributed by atoms with E-state index in [1.807, 2.05) is 12.4 Å². The summed E-state index contributed by atoms with van der Waals surface area (Å²) in [7, 11) is 0. The van der Waals surface area contributed by atoms with Crippen molar-refractivity contribution in [3.8, 4) is 0 Å². The second kappa shape index (κ2) is 9.14. The van der Waals surface area contributed by atoms with Crippen LogP contribution in [0.5, 0.6) is 0 Å². The number of hydrogen-bond acceptors (Lipinski definition) is 4. The predicted octanol–water partition coefficient (Wildman–Crippen LogP) is 1.94. The molecule has 5 nitrogen and oxygen atoms in total. The lowest BCUT2D eigenvalue weighted by Gasteiger charge is -2.32. The topological polar surface area (TPSA) is 57.3 Å². The Bertz CT molecular complexity index is 493. The molecule has 0 saturated carbocycles. The fourth-order valence-electron chi connectivity index (χ4n) is 3.79. The number of nitrogens with one attached hydrogen (secondary N) is 2. The monoisotopic (exact) mass is 330 g/mol. The van der Waals surface area contributed by atoms with Crippen molar-refractivity contribution < 1.29 is 4.79 Å². The predicted molar refractivity (Wildman–Crippen MR) is 95.5 cm³/mol. The van der Waals surface area contributed by atoms with Crippen LogP contribution in [0.25, 0.3) is 0 Å². The zero-order chi connectivity index (χ0) is 16.6. The van der Waals surface area contributed by atoms with E-state index in [0.717, 1.165) is 57.9 Å². The molecule has 2 aliphatic rings. The van der Waals surface area contributed by atoms with Crippen LogP contribution in [0.15, 0.2) is 24.5 Å². The van der Waals surface area contributed by atoms with Crippen molar-refractivity contribution in [3.63, 3.8) is 0 Å². The molecule has 2 saturated heterocycles. The van der Waals surface area contributed by atoms with Crippen molar-refractivity contribution in [2.45, 2.75) is 51.1 Å². The summed E-state index contributed by atoms with van der Waals surface area (Å²) in [6, 6.07) is 4.52. The summed E-state index contributed by atoms with van der Waals surface area (Å²) in [6.45, 7) is 5.33. The number of aromatic nitrogens is 1. The Hall–Kier alpha value is -1.46. The van der Waals surface area contributed by atoms with Crippen molar-refractivity contribution in [1.82, 2.24) is 20.5 Å². The average Bonchev–Trinajstić information content (AvgIpc) is 2.63. The molecule has 0 radical (unpaired) electrons. The van der Waals surface area contributed by atoms with E-state index in [4.69, 9.17) is 0 Å². The molecule has 3 heterocycles. The summed E-state index contributed by atoms with van der Waals surface area (Å²) in [5, 5.41) is 6.63. The van der Waals surface area contributed by atoms with E-state index in [2.05, 4.69) is 32.7 Å². The molecule has 0 spiro atoms. The highest BCUT2D eigenvalue weighted by molar-refractivity contribution is 5.76. The van der Waals surface area contributed by atoms with E-state index in [1.165, 1.54) is 18.4 Å². The zero-order valence-electron chi connectivity index (χ0n) is 14.5. The number of carbonyl (C=O) groups is 1. The number of rotatable bonds is 6. The van der Waals surface area contributed by atoms with Gasteiger partial charge in [0.05, 0.1) is 0 Å². The summed E-state index contributed by atoms with van der Waals surface area (Å²) in [6.07, 6.45) is 10.0. The summed E-state index contributed by atoms with van der Waals surface area (Å²) < 4.78 is 0. The standard InChI is InChI=1S/C19H30N4O/c24-19(2-1-16-3-9-20-10-4-16)22-18-7-13-23(14-8-18)15-17-5-11-21-12-6-17/h5-6,11-12,16,18,20H,1-4,7-10,13-15H2,(H,22,24). The van der Waals surface area contributed by atoms with Gasteiger partial charge in [-0.15, -0.1) is 0 Å². The fraction of sp³-hybridized carbons (Fsp3) is 0.684. The van der Waals surface area contributed by atoms with Crippen molar-refractivity contribution in [2.75, 3.05) is 26.2 Å². The maximum absolute atomic E-state index is 12.2. The molecule has 0 aliphatic carbocycles. The lowest BCUT2D eigenvalue weighted by molar-refractivity contribution is -0.122. The average molecular weight is 330 g/mol. The number of likely N-dealkylation sites (tertiary alicyclic amines) is 1. The van der Waals surface area contributed by atoms with Gasteiger partial charge in [-0.1, -0.05) is 0 Å². The summed E-state index contributed by atoms with van der Waals surface area (Å²) in [5.74, 6) is 0.986. The van der Waals surface area contributed by atoms with Crippen LogP contribution in [0.4, 0.5) is 0 Å². The Labute approximate surface area is 145 Å². The molecule has 2 N–H and O–H groups in total. The maximum atomic E-state index is 12.2. The third-order valence-corrected chi connectivity index (χ3v) is 5.35. The van der Waals surface area contributed by atoms with E-state index in [-0.39, 0.29) is 5.91 Å². The van der Waals surface area contributed by atoms with Gasteiger partial charge in [-0.2, -0.15) is 0 Å². The Morgan fingerprint density at radius 1 is 1.17 bits per heavy atom. The highest BCUT2D eigenvalue weighted by Crippen LogP contribution is 2.18. The first-order valence-electron chi connectivity index (χ1n) is 9.41. The van der Waals surface area contributed by atoms with Crippen LogP contribution in [0.2, 0.25) is 0 Å². The van der Waals surface area contributed by atoms with Crippen LogP contribution in [-0.4, -0.2) is 48.0 Å².